The fraction of sp³-hybridized carbons (Fsp3) is 0.625. The van der Waals surface area contributed by atoms with Gasteiger partial charge in [0.2, 0.25) is 5.90 Å². The molecule has 0 aliphatic rings. The molecule has 6 heteroatoms. The van der Waals surface area contributed by atoms with Crippen molar-refractivity contribution >= 4 is 5.90 Å². The fourth-order valence-electron chi connectivity index (χ4n) is 0.877. The van der Waals surface area contributed by atoms with E-state index in [2.05, 4.69) is 12.0 Å². The standard InChI is InChI=1S/C8H15NO5/c1-2-3-4(10)5(11)6(12)7(13)8(9)14/h2,4-7,10-13H,1,3H2,(H2,9,14)/t4?,5-,6+,7-/m0/s1/i/hD. The first-order valence-electron chi connectivity index (χ1n) is 4.44. The van der Waals surface area contributed by atoms with Gasteiger partial charge in [0.05, 0.1) is 6.10 Å². The Morgan fingerprint density at radius 1 is 1.36 bits per heavy atom. The lowest BCUT2D eigenvalue weighted by atomic mass is 10.0. The van der Waals surface area contributed by atoms with Crippen LogP contribution >= 0.6 is 0 Å². The average molecular weight is 206 g/mol. The number of aliphatic hydroxyl groups excluding tert-OH is 5. The minimum atomic E-state index is -1.91. The lowest BCUT2D eigenvalue weighted by molar-refractivity contribution is -0.0903. The maximum atomic E-state index is 9.30. The van der Waals surface area contributed by atoms with Gasteiger partial charge in [-0.3, -0.25) is 5.40 Å². The highest BCUT2D eigenvalue weighted by molar-refractivity contribution is 5.75. The Morgan fingerprint density at radius 3 is 2.36 bits per heavy atom. The number of hydrogen-bond acceptors (Lipinski definition) is 5. The zero-order chi connectivity index (χ0) is 12.0. The Bertz CT molecular complexity index is 235. The molecule has 0 aromatic carbocycles. The molecule has 4 atom stereocenters. The van der Waals surface area contributed by atoms with Crippen molar-refractivity contribution in [3.8, 4) is 0 Å². The summed E-state index contributed by atoms with van der Waals surface area (Å²) < 4.78 is 6.37. The highest BCUT2D eigenvalue weighted by atomic mass is 16.4. The highest BCUT2D eigenvalue weighted by Crippen LogP contribution is 2.08. The minimum absolute atomic E-state index is 0.0176. The quantitative estimate of drug-likeness (QED) is 0.180. The van der Waals surface area contributed by atoms with Gasteiger partial charge in [0.15, 0.2) is 7.52 Å². The predicted octanol–water partition coefficient (Wildman–Crippen LogP) is -1.46. The number of hydrogen-bond donors (Lipinski definition) is 6. The third-order valence-electron chi connectivity index (χ3n) is 1.74. The van der Waals surface area contributed by atoms with Crippen LogP contribution in [-0.2, 0) is 0 Å². The normalized spacial score (nSPS) is 22.0. The molecule has 0 saturated heterocycles. The topological polar surface area (TPSA) is 125 Å². The second-order valence-electron chi connectivity index (χ2n) is 2.88. The van der Waals surface area contributed by atoms with Crippen LogP contribution in [0.25, 0.3) is 0 Å². The molecule has 6 nitrogen and oxygen atoms in total. The Hall–Kier alpha value is -0.950. The molecule has 0 saturated carbocycles. The molecule has 82 valence electrons. The van der Waals surface area contributed by atoms with Crippen LogP contribution in [-0.4, -0.2) is 55.8 Å². The van der Waals surface area contributed by atoms with Crippen molar-refractivity contribution in [1.29, 1.82) is 5.40 Å². The van der Waals surface area contributed by atoms with Crippen LogP contribution in [0, 0.1) is 5.40 Å². The Morgan fingerprint density at radius 2 is 1.93 bits per heavy atom. The molecule has 0 aromatic rings. The van der Waals surface area contributed by atoms with E-state index in [1.165, 1.54) is 6.08 Å². The molecule has 0 aliphatic heterocycles. The number of rotatable bonds is 6. The molecular formula is C8H15NO5. The molecule has 0 amide bonds. The van der Waals surface area contributed by atoms with Crippen molar-refractivity contribution in [1.82, 2.24) is 0 Å². The first-order chi connectivity index (χ1) is 6.95. The molecule has 0 radical (unpaired) electrons. The molecule has 0 fully saturated rings. The lowest BCUT2D eigenvalue weighted by Crippen LogP contribution is -2.47. The molecule has 0 heterocycles. The second-order valence-corrected chi connectivity index (χ2v) is 2.88. The SMILES string of the molecule is [2H]N=C(O)[C@@H](O)[C@H](O)[C@@H](O)C(O)CC=C. The molecule has 0 spiro atoms. The van der Waals surface area contributed by atoms with E-state index in [1.807, 2.05) is 0 Å². The van der Waals surface area contributed by atoms with Gasteiger partial charge in [-0.2, -0.15) is 0 Å². The molecule has 14 heavy (non-hydrogen) atoms. The van der Waals surface area contributed by atoms with Crippen LogP contribution in [0.1, 0.15) is 6.42 Å². The van der Waals surface area contributed by atoms with E-state index in [1.54, 1.807) is 0 Å². The van der Waals surface area contributed by atoms with Gasteiger partial charge >= 0.3 is 0 Å². The van der Waals surface area contributed by atoms with Crippen molar-refractivity contribution in [3.05, 3.63) is 12.7 Å². The van der Waals surface area contributed by atoms with Crippen LogP contribution in [0.3, 0.4) is 0 Å². The van der Waals surface area contributed by atoms with E-state index in [4.69, 9.17) is 11.6 Å². The van der Waals surface area contributed by atoms with Crippen molar-refractivity contribution < 1.29 is 26.9 Å². The summed E-state index contributed by atoms with van der Waals surface area (Å²) in [7, 11) is 0. The van der Waals surface area contributed by atoms with Crippen LogP contribution in [0.2, 0.25) is 1.41 Å². The number of aliphatic hydroxyl groups is 5. The minimum Gasteiger partial charge on any atom is -0.495 e. The van der Waals surface area contributed by atoms with Gasteiger partial charge in [-0.05, 0) is 6.42 Å². The van der Waals surface area contributed by atoms with Gasteiger partial charge in [0.25, 0.3) is 0 Å². The summed E-state index contributed by atoms with van der Waals surface area (Å²) in [6.07, 6.45) is -5.37. The zero-order valence-corrected chi connectivity index (χ0v) is 7.48. The molecule has 0 rings (SSSR count). The Labute approximate surface area is 82.7 Å². The molecular weight excluding hydrogens is 190 g/mol. The Kier molecular flexibility index (Phi) is 4.54. The van der Waals surface area contributed by atoms with E-state index in [0.29, 0.717) is 0 Å². The van der Waals surface area contributed by atoms with Crippen LogP contribution < -0.4 is 0 Å². The van der Waals surface area contributed by atoms with Crippen molar-refractivity contribution in [2.24, 2.45) is 0 Å². The van der Waals surface area contributed by atoms with Crippen molar-refractivity contribution in [2.75, 3.05) is 0 Å². The van der Waals surface area contributed by atoms with Gasteiger partial charge in [-0.15, -0.1) is 6.58 Å². The van der Waals surface area contributed by atoms with E-state index < -0.39 is 30.3 Å². The third kappa shape index (κ3) is 3.43. The van der Waals surface area contributed by atoms with Crippen LogP contribution in [0.5, 0.6) is 0 Å². The van der Waals surface area contributed by atoms with Crippen LogP contribution in [0.4, 0.5) is 0 Å². The van der Waals surface area contributed by atoms with Gasteiger partial charge in [0.1, 0.15) is 12.2 Å². The van der Waals surface area contributed by atoms with E-state index in [-0.39, 0.29) is 6.42 Å². The van der Waals surface area contributed by atoms with Crippen molar-refractivity contribution in [3.63, 3.8) is 0 Å². The fourth-order valence-corrected chi connectivity index (χ4v) is 0.877. The largest absolute Gasteiger partial charge is 0.495 e. The first kappa shape index (κ1) is 11.1. The summed E-state index contributed by atoms with van der Waals surface area (Å²) in [6, 6.07) is 0. The summed E-state index contributed by atoms with van der Waals surface area (Å²) >= 11 is 0. The van der Waals surface area contributed by atoms with Crippen molar-refractivity contribution in [2.45, 2.75) is 30.8 Å². The molecule has 0 aromatic heterocycles. The molecule has 6 N–H and O–H groups in total. The maximum Gasteiger partial charge on any atom is 0.210 e. The maximum absolute atomic E-state index is 9.30. The van der Waals surface area contributed by atoms with E-state index >= 15 is 0 Å². The van der Waals surface area contributed by atoms with E-state index in [0.717, 1.165) is 0 Å². The van der Waals surface area contributed by atoms with Gasteiger partial charge in [-0.25, -0.2) is 0 Å². The van der Waals surface area contributed by atoms with Crippen LogP contribution in [0.15, 0.2) is 12.7 Å². The first-order valence-corrected chi connectivity index (χ1v) is 3.99. The third-order valence-corrected chi connectivity index (χ3v) is 1.74. The molecule has 0 bridgehead atoms. The van der Waals surface area contributed by atoms with Gasteiger partial charge in [0, 0.05) is 0 Å². The lowest BCUT2D eigenvalue weighted by Gasteiger charge is -2.24. The summed E-state index contributed by atoms with van der Waals surface area (Å²) in [5.41, 5.74) is 0. The van der Waals surface area contributed by atoms with Gasteiger partial charge < -0.3 is 25.5 Å². The zero-order valence-electron chi connectivity index (χ0n) is 8.48. The monoisotopic (exact) mass is 206 g/mol. The average Bonchev–Trinajstić information content (AvgIpc) is 2.25. The highest BCUT2D eigenvalue weighted by Gasteiger charge is 2.31. The summed E-state index contributed by atoms with van der Waals surface area (Å²) in [6.45, 7) is 3.32. The summed E-state index contributed by atoms with van der Waals surface area (Å²) in [5.74, 6) is -1.03. The Balaban J connectivity index is 4.42. The predicted molar refractivity (Wildman–Crippen MR) is 49.2 cm³/mol. The van der Waals surface area contributed by atoms with Gasteiger partial charge in [-0.1, -0.05) is 6.08 Å². The second kappa shape index (κ2) is 5.71. The summed E-state index contributed by atoms with van der Waals surface area (Å²) in [4.78, 5) is 0. The van der Waals surface area contributed by atoms with E-state index in [9.17, 15) is 15.3 Å². The number of nitrogens with one attached hydrogen (secondary N) is 1. The summed E-state index contributed by atoms with van der Waals surface area (Å²) in [5, 5.41) is 48.2. The molecule has 0 aliphatic carbocycles. The smallest absolute Gasteiger partial charge is 0.210 e. The molecule has 1 unspecified atom stereocenters.